The number of nitrogens with zero attached hydrogens (tertiary/aromatic N) is 1. The highest BCUT2D eigenvalue weighted by Crippen LogP contribution is 2.44. The highest BCUT2D eigenvalue weighted by Gasteiger charge is 2.61. The third-order valence-corrected chi connectivity index (χ3v) is 4.84. The number of aliphatic hydroxyl groups is 2. The zero-order valence-corrected chi connectivity index (χ0v) is 15.6. The van der Waals surface area contributed by atoms with Gasteiger partial charge in [0.05, 0.1) is 18.7 Å². The highest BCUT2D eigenvalue weighted by atomic mass is 16.6. The molecule has 2 aliphatic rings. The number of amides is 1. The van der Waals surface area contributed by atoms with Crippen molar-refractivity contribution in [2.24, 2.45) is 5.92 Å². The molecular formula is C18H31NO6. The fourth-order valence-corrected chi connectivity index (χ4v) is 3.73. The third-order valence-electron chi connectivity index (χ3n) is 4.84. The molecule has 1 saturated heterocycles. The molecule has 2 N–H and O–H groups in total. The van der Waals surface area contributed by atoms with E-state index in [1.54, 1.807) is 27.7 Å². The van der Waals surface area contributed by atoms with Crippen molar-refractivity contribution in [2.45, 2.75) is 89.7 Å². The summed E-state index contributed by atoms with van der Waals surface area (Å²) in [6.45, 7) is 7.09. The number of esters is 1. The van der Waals surface area contributed by atoms with Crippen LogP contribution < -0.4 is 0 Å². The number of carbonyl (C=O) groups is 2. The molecule has 7 nitrogen and oxygen atoms in total. The van der Waals surface area contributed by atoms with Gasteiger partial charge in [-0.3, -0.25) is 4.90 Å². The Balaban J connectivity index is 2.11. The van der Waals surface area contributed by atoms with Gasteiger partial charge in [0.1, 0.15) is 11.7 Å². The predicted molar refractivity (Wildman–Crippen MR) is 90.9 cm³/mol. The summed E-state index contributed by atoms with van der Waals surface area (Å²) >= 11 is 0. The van der Waals surface area contributed by atoms with Crippen LogP contribution in [-0.4, -0.2) is 63.7 Å². The van der Waals surface area contributed by atoms with Crippen LogP contribution in [0, 0.1) is 5.92 Å². The SMILES string of the molecule is CCOC(=O)[C@@H](O)[C@H](O)[C@@H]1[C@@H](C2CCCCC2)N1C(=O)OC(C)(C)C. The monoisotopic (exact) mass is 357 g/mol. The molecule has 25 heavy (non-hydrogen) atoms. The van der Waals surface area contributed by atoms with Crippen LogP contribution in [0.1, 0.15) is 59.8 Å². The van der Waals surface area contributed by atoms with Crippen molar-refractivity contribution in [2.75, 3.05) is 6.61 Å². The Labute approximate surface area is 149 Å². The first-order valence-electron chi connectivity index (χ1n) is 9.21. The van der Waals surface area contributed by atoms with Crippen LogP contribution in [0.3, 0.4) is 0 Å². The van der Waals surface area contributed by atoms with E-state index in [1.807, 2.05) is 0 Å². The Bertz CT molecular complexity index is 482. The van der Waals surface area contributed by atoms with Gasteiger partial charge in [-0.2, -0.15) is 0 Å². The molecule has 1 saturated carbocycles. The maximum absolute atomic E-state index is 12.5. The Kier molecular flexibility index (Phi) is 6.32. The van der Waals surface area contributed by atoms with Crippen LogP contribution in [0.15, 0.2) is 0 Å². The number of hydrogen-bond acceptors (Lipinski definition) is 6. The highest BCUT2D eigenvalue weighted by molar-refractivity contribution is 5.77. The summed E-state index contributed by atoms with van der Waals surface area (Å²) in [6.07, 6.45) is 1.75. The van der Waals surface area contributed by atoms with Gasteiger partial charge in [0.2, 0.25) is 0 Å². The molecule has 0 aromatic rings. The smallest absolute Gasteiger partial charge is 0.411 e. The minimum absolute atomic E-state index is 0.120. The average molecular weight is 357 g/mol. The average Bonchev–Trinajstić information content (AvgIpc) is 3.28. The Morgan fingerprint density at radius 2 is 1.76 bits per heavy atom. The van der Waals surface area contributed by atoms with Crippen LogP contribution in [-0.2, 0) is 14.3 Å². The Morgan fingerprint density at radius 1 is 1.16 bits per heavy atom. The molecule has 1 amide bonds. The Hall–Kier alpha value is -1.34. The fourth-order valence-electron chi connectivity index (χ4n) is 3.73. The van der Waals surface area contributed by atoms with Gasteiger partial charge in [-0.15, -0.1) is 0 Å². The molecular weight excluding hydrogens is 326 g/mol. The van der Waals surface area contributed by atoms with E-state index < -0.39 is 35.9 Å². The van der Waals surface area contributed by atoms with Gasteiger partial charge < -0.3 is 19.7 Å². The molecule has 4 atom stereocenters. The number of rotatable bonds is 5. The van der Waals surface area contributed by atoms with Crippen LogP contribution in [0.4, 0.5) is 4.79 Å². The molecule has 0 unspecified atom stereocenters. The predicted octanol–water partition coefficient (Wildman–Crippen LogP) is 1.84. The molecule has 0 radical (unpaired) electrons. The maximum Gasteiger partial charge on any atom is 0.411 e. The topological polar surface area (TPSA) is 96.1 Å². The summed E-state index contributed by atoms with van der Waals surface area (Å²) in [5.41, 5.74) is -0.647. The number of hydrogen-bond donors (Lipinski definition) is 2. The van der Waals surface area contributed by atoms with Crippen LogP contribution in [0.2, 0.25) is 0 Å². The number of carbonyl (C=O) groups excluding carboxylic acids is 2. The first kappa shape index (κ1) is 20.0. The van der Waals surface area contributed by atoms with Gasteiger partial charge in [-0.1, -0.05) is 19.3 Å². The lowest BCUT2D eigenvalue weighted by Crippen LogP contribution is -2.41. The summed E-state index contributed by atoms with van der Waals surface area (Å²) in [5.74, 6) is -0.608. The standard InChI is InChI=1S/C18H31NO6/c1-5-24-16(22)15(21)14(20)13-12(11-9-7-6-8-10-11)19(13)17(23)25-18(2,3)4/h11-15,20-21H,5-10H2,1-4H3/t12-,13+,14-,15+,19?/m1/s1. The second kappa shape index (κ2) is 7.91. The zero-order chi connectivity index (χ0) is 18.8. The lowest BCUT2D eigenvalue weighted by atomic mass is 9.85. The van der Waals surface area contributed by atoms with E-state index in [-0.39, 0.29) is 18.6 Å². The molecule has 7 heteroatoms. The lowest BCUT2D eigenvalue weighted by Gasteiger charge is -2.23. The van der Waals surface area contributed by atoms with Gasteiger partial charge in [0.15, 0.2) is 6.10 Å². The summed E-state index contributed by atoms with van der Waals surface area (Å²) < 4.78 is 10.2. The van der Waals surface area contributed by atoms with Crippen LogP contribution in [0.25, 0.3) is 0 Å². The van der Waals surface area contributed by atoms with E-state index in [2.05, 4.69) is 0 Å². The second-order valence-electron chi connectivity index (χ2n) is 7.95. The van der Waals surface area contributed by atoms with Crippen molar-refractivity contribution in [1.29, 1.82) is 0 Å². The molecule has 1 heterocycles. The largest absolute Gasteiger partial charge is 0.464 e. The maximum atomic E-state index is 12.5. The number of ether oxygens (including phenoxy) is 2. The van der Waals surface area contributed by atoms with Crippen molar-refractivity contribution in [1.82, 2.24) is 4.90 Å². The summed E-state index contributed by atoms with van der Waals surface area (Å²) in [4.78, 5) is 25.7. The van der Waals surface area contributed by atoms with Crippen molar-refractivity contribution in [3.8, 4) is 0 Å². The van der Waals surface area contributed by atoms with Crippen molar-refractivity contribution >= 4 is 12.1 Å². The van der Waals surface area contributed by atoms with Crippen molar-refractivity contribution in [3.05, 3.63) is 0 Å². The molecule has 144 valence electrons. The van der Waals surface area contributed by atoms with E-state index in [0.29, 0.717) is 0 Å². The Morgan fingerprint density at radius 3 is 2.28 bits per heavy atom. The first-order chi connectivity index (χ1) is 11.7. The van der Waals surface area contributed by atoms with Gasteiger partial charge in [0, 0.05) is 0 Å². The number of aliphatic hydroxyl groups excluding tert-OH is 2. The molecule has 0 spiro atoms. The minimum Gasteiger partial charge on any atom is -0.464 e. The molecule has 0 bridgehead atoms. The van der Waals surface area contributed by atoms with Crippen molar-refractivity contribution in [3.63, 3.8) is 0 Å². The molecule has 1 aliphatic carbocycles. The summed E-state index contributed by atoms with van der Waals surface area (Å²) in [7, 11) is 0. The molecule has 0 aromatic carbocycles. The van der Waals surface area contributed by atoms with Gasteiger partial charge in [-0.05, 0) is 46.5 Å². The zero-order valence-electron chi connectivity index (χ0n) is 15.6. The van der Waals surface area contributed by atoms with Crippen LogP contribution >= 0.6 is 0 Å². The van der Waals surface area contributed by atoms with E-state index in [9.17, 15) is 19.8 Å². The minimum atomic E-state index is -1.66. The molecule has 2 rings (SSSR count). The van der Waals surface area contributed by atoms with E-state index in [1.165, 1.54) is 11.3 Å². The van der Waals surface area contributed by atoms with E-state index in [4.69, 9.17) is 9.47 Å². The van der Waals surface area contributed by atoms with Gasteiger partial charge in [0.25, 0.3) is 0 Å². The first-order valence-corrected chi connectivity index (χ1v) is 9.21. The van der Waals surface area contributed by atoms with E-state index in [0.717, 1.165) is 25.7 Å². The normalized spacial score (nSPS) is 26.7. The second-order valence-corrected chi connectivity index (χ2v) is 7.95. The van der Waals surface area contributed by atoms with Gasteiger partial charge in [-0.25, -0.2) is 9.59 Å². The molecule has 0 aromatic heterocycles. The fraction of sp³-hybridized carbons (Fsp3) is 0.889. The lowest BCUT2D eigenvalue weighted by molar-refractivity contribution is -0.159. The molecule has 2 fully saturated rings. The third kappa shape index (κ3) is 4.85. The van der Waals surface area contributed by atoms with Crippen LogP contribution in [0.5, 0.6) is 0 Å². The summed E-state index contributed by atoms with van der Waals surface area (Å²) in [5, 5.41) is 20.5. The summed E-state index contributed by atoms with van der Waals surface area (Å²) in [6, 6.07) is -0.813. The van der Waals surface area contributed by atoms with Gasteiger partial charge >= 0.3 is 12.1 Å². The van der Waals surface area contributed by atoms with E-state index >= 15 is 0 Å². The quantitative estimate of drug-likeness (QED) is 0.576. The van der Waals surface area contributed by atoms with Crippen molar-refractivity contribution < 1.29 is 29.3 Å². The molecule has 1 aliphatic heterocycles.